The van der Waals surface area contributed by atoms with Gasteiger partial charge in [0.25, 0.3) is 0 Å². The quantitative estimate of drug-likeness (QED) is 0.580. The maximum atomic E-state index is 12.9. The summed E-state index contributed by atoms with van der Waals surface area (Å²) >= 11 is 0. The van der Waals surface area contributed by atoms with Crippen molar-refractivity contribution in [2.75, 3.05) is 6.61 Å². The highest BCUT2D eigenvalue weighted by atomic mass is 32.2. The summed E-state index contributed by atoms with van der Waals surface area (Å²) in [5, 5.41) is -4.53. The lowest BCUT2D eigenvalue weighted by Crippen LogP contribution is -2.36. The highest BCUT2D eigenvalue weighted by Gasteiger charge is 2.45. The summed E-state index contributed by atoms with van der Waals surface area (Å²) in [6, 6.07) is 0. The molecule has 0 heterocycles. The van der Waals surface area contributed by atoms with Crippen LogP contribution in [0.15, 0.2) is 0 Å². The highest BCUT2D eigenvalue weighted by molar-refractivity contribution is 7.86. The largest absolute Gasteiger partial charge is 0.458 e. The summed E-state index contributed by atoms with van der Waals surface area (Å²) in [6.45, 7) is -1.73. The second-order valence-electron chi connectivity index (χ2n) is 6.38. The lowest BCUT2D eigenvalue weighted by molar-refractivity contribution is -0.150. The number of esters is 1. The van der Waals surface area contributed by atoms with E-state index in [4.69, 9.17) is 4.55 Å². The van der Waals surface area contributed by atoms with Crippen molar-refractivity contribution in [3.8, 4) is 0 Å². The fourth-order valence-electron chi connectivity index (χ4n) is 3.48. The first-order valence-electron chi connectivity index (χ1n) is 7.64. The summed E-state index contributed by atoms with van der Waals surface area (Å²) in [6.07, 6.45) is 4.60. The van der Waals surface area contributed by atoms with Gasteiger partial charge in [-0.15, -0.1) is 0 Å². The molecule has 0 aliphatic heterocycles. The summed E-state index contributed by atoms with van der Waals surface area (Å²) in [7, 11) is -5.62. The van der Waals surface area contributed by atoms with Crippen LogP contribution in [0.4, 0.5) is 8.78 Å². The van der Waals surface area contributed by atoms with Gasteiger partial charge >= 0.3 is 21.3 Å². The van der Waals surface area contributed by atoms with Gasteiger partial charge in [-0.3, -0.25) is 14.1 Å². The molecule has 2 fully saturated rings. The predicted octanol–water partition coefficient (Wildman–Crippen LogP) is 2.19. The third-order valence-electron chi connectivity index (χ3n) is 4.68. The van der Waals surface area contributed by atoms with Crippen molar-refractivity contribution in [1.82, 2.24) is 0 Å². The minimum absolute atomic E-state index is 0.0485. The van der Waals surface area contributed by atoms with Crippen LogP contribution in [0.5, 0.6) is 0 Å². The summed E-state index contributed by atoms with van der Waals surface area (Å²) < 4.78 is 59.2. The van der Waals surface area contributed by atoms with Crippen LogP contribution in [0.2, 0.25) is 0 Å². The number of carbonyl (C=O) groups is 2. The van der Waals surface area contributed by atoms with Crippen molar-refractivity contribution in [2.24, 2.45) is 17.8 Å². The fraction of sp³-hybridized carbons (Fsp3) is 0.857. The van der Waals surface area contributed by atoms with Gasteiger partial charge in [0.15, 0.2) is 6.61 Å². The lowest BCUT2D eigenvalue weighted by atomic mass is 9.66. The van der Waals surface area contributed by atoms with E-state index >= 15 is 0 Å². The Morgan fingerprint density at radius 2 is 2.00 bits per heavy atom. The van der Waals surface area contributed by atoms with Crippen molar-refractivity contribution < 1.29 is 36.1 Å². The number of ether oxygens (including phenoxy) is 1. The topological polar surface area (TPSA) is 97.7 Å². The molecule has 0 aromatic carbocycles. The average molecular weight is 354 g/mol. The number of ketones is 1. The zero-order chi connectivity index (χ0) is 17.3. The molecule has 132 valence electrons. The molecule has 0 aromatic heterocycles. The van der Waals surface area contributed by atoms with Crippen LogP contribution in [0.3, 0.4) is 0 Å². The Morgan fingerprint density at radius 3 is 2.65 bits per heavy atom. The standard InChI is InChI=1S/C14H20F2O6S/c15-14(16,23(19,20)21)8-22-12(17)5-4-11-7-9-2-1-3-10(6-9)13(11)18/h9-11H,1-8H2,(H,19,20,21). The zero-order valence-corrected chi connectivity index (χ0v) is 13.4. The molecule has 9 heteroatoms. The minimum atomic E-state index is -5.62. The van der Waals surface area contributed by atoms with Crippen LogP contribution in [0.25, 0.3) is 0 Å². The summed E-state index contributed by atoms with van der Waals surface area (Å²) in [4.78, 5) is 23.7. The molecule has 6 nitrogen and oxygen atoms in total. The first-order valence-corrected chi connectivity index (χ1v) is 9.08. The normalized spacial score (nSPS) is 28.5. The van der Waals surface area contributed by atoms with Crippen molar-refractivity contribution >= 4 is 21.9 Å². The maximum Gasteiger partial charge on any atom is 0.402 e. The molecule has 0 amide bonds. The monoisotopic (exact) mass is 354 g/mol. The van der Waals surface area contributed by atoms with Crippen LogP contribution < -0.4 is 0 Å². The third-order valence-corrected chi connectivity index (χ3v) is 5.55. The van der Waals surface area contributed by atoms with Crippen LogP contribution >= 0.6 is 0 Å². The molecule has 2 bridgehead atoms. The molecule has 2 saturated carbocycles. The van der Waals surface area contributed by atoms with Gasteiger partial charge < -0.3 is 4.74 Å². The molecule has 2 rings (SSSR count). The van der Waals surface area contributed by atoms with Gasteiger partial charge in [-0.05, 0) is 31.6 Å². The molecule has 2 aliphatic rings. The maximum absolute atomic E-state index is 12.9. The van der Waals surface area contributed by atoms with Crippen LogP contribution in [-0.4, -0.2) is 36.6 Å². The third kappa shape index (κ3) is 4.47. The van der Waals surface area contributed by atoms with E-state index in [1.54, 1.807) is 0 Å². The van der Waals surface area contributed by atoms with Gasteiger partial charge in [0, 0.05) is 18.3 Å². The molecule has 23 heavy (non-hydrogen) atoms. The van der Waals surface area contributed by atoms with Gasteiger partial charge in [-0.2, -0.15) is 17.2 Å². The molecule has 0 aromatic rings. The molecular formula is C14H20F2O6S. The first-order chi connectivity index (χ1) is 10.6. The van der Waals surface area contributed by atoms with Crippen LogP contribution in [0.1, 0.15) is 44.9 Å². The van der Waals surface area contributed by atoms with E-state index in [0.717, 1.165) is 25.7 Å². The van der Waals surface area contributed by atoms with Gasteiger partial charge in [0.1, 0.15) is 5.78 Å². The average Bonchev–Trinajstić information content (AvgIpc) is 2.47. The van der Waals surface area contributed by atoms with E-state index in [1.165, 1.54) is 0 Å². The number of hydrogen-bond acceptors (Lipinski definition) is 5. The Kier molecular flexibility index (Phi) is 5.40. The second-order valence-corrected chi connectivity index (χ2v) is 7.92. The van der Waals surface area contributed by atoms with E-state index in [-0.39, 0.29) is 30.5 Å². The van der Waals surface area contributed by atoms with Crippen LogP contribution in [-0.2, 0) is 24.4 Å². The first kappa shape index (κ1) is 18.3. The number of hydrogen-bond donors (Lipinski definition) is 1. The number of Topliss-reactive ketones (excluding diaryl/α,β-unsaturated/α-hetero) is 1. The van der Waals surface area contributed by atoms with Crippen LogP contribution in [0, 0.1) is 17.8 Å². The van der Waals surface area contributed by atoms with Gasteiger partial charge in [0.2, 0.25) is 0 Å². The van der Waals surface area contributed by atoms with Gasteiger partial charge in [-0.25, -0.2) is 0 Å². The molecule has 0 radical (unpaired) electrons. The Balaban J connectivity index is 1.79. The number of carbonyl (C=O) groups excluding carboxylic acids is 2. The van der Waals surface area contributed by atoms with E-state index in [2.05, 4.69) is 4.74 Å². The number of halogens is 2. The molecule has 3 unspecified atom stereocenters. The fourth-order valence-corrected chi connectivity index (χ4v) is 3.69. The van der Waals surface area contributed by atoms with Crippen molar-refractivity contribution in [3.63, 3.8) is 0 Å². The number of alkyl halides is 2. The molecule has 3 atom stereocenters. The predicted molar refractivity (Wildman–Crippen MR) is 75.3 cm³/mol. The summed E-state index contributed by atoms with van der Waals surface area (Å²) in [5.74, 6) is -0.591. The summed E-state index contributed by atoms with van der Waals surface area (Å²) in [5.41, 5.74) is 0. The molecule has 0 spiro atoms. The Bertz CT molecular complexity index is 574. The molecule has 0 saturated heterocycles. The molecule has 2 aliphatic carbocycles. The number of rotatable bonds is 6. The van der Waals surface area contributed by atoms with E-state index in [1.807, 2.05) is 0 Å². The van der Waals surface area contributed by atoms with Gasteiger partial charge in [-0.1, -0.05) is 12.8 Å². The Labute approximate surface area is 133 Å². The molecular weight excluding hydrogens is 334 g/mol. The van der Waals surface area contributed by atoms with E-state index < -0.39 is 27.9 Å². The lowest BCUT2D eigenvalue weighted by Gasteiger charge is -2.37. The van der Waals surface area contributed by atoms with Gasteiger partial charge in [0.05, 0.1) is 0 Å². The SMILES string of the molecule is O=C(CCC1CC2CCCC(C2)C1=O)OCC(F)(F)S(=O)(=O)O. The second kappa shape index (κ2) is 6.80. The Hall–Kier alpha value is -1.09. The number of fused-ring (bicyclic) bond motifs is 2. The van der Waals surface area contributed by atoms with E-state index in [0.29, 0.717) is 12.3 Å². The zero-order valence-electron chi connectivity index (χ0n) is 12.5. The Morgan fingerprint density at radius 1 is 1.30 bits per heavy atom. The van der Waals surface area contributed by atoms with E-state index in [9.17, 15) is 26.8 Å². The smallest absolute Gasteiger partial charge is 0.402 e. The van der Waals surface area contributed by atoms with Crippen molar-refractivity contribution in [3.05, 3.63) is 0 Å². The highest BCUT2D eigenvalue weighted by Crippen LogP contribution is 2.41. The minimum Gasteiger partial charge on any atom is -0.458 e. The van der Waals surface area contributed by atoms with Crippen molar-refractivity contribution in [1.29, 1.82) is 0 Å². The van der Waals surface area contributed by atoms with Crippen molar-refractivity contribution in [2.45, 2.75) is 50.2 Å². The molecule has 1 N–H and O–H groups in total.